The zero-order chi connectivity index (χ0) is 17.3. The third kappa shape index (κ3) is 2.84. The van der Waals surface area contributed by atoms with Crippen molar-refractivity contribution in [2.45, 2.75) is 27.3 Å². The van der Waals surface area contributed by atoms with Crippen LogP contribution in [-0.4, -0.2) is 4.57 Å². The Kier molecular flexibility index (Phi) is 4.46. The second-order valence-electron chi connectivity index (χ2n) is 6.05. The van der Waals surface area contributed by atoms with Gasteiger partial charge in [0.2, 0.25) is 0 Å². The van der Waals surface area contributed by atoms with Crippen LogP contribution in [-0.2, 0) is 6.54 Å². The van der Waals surface area contributed by atoms with Crippen LogP contribution in [0.5, 0.6) is 0 Å². The average molecular weight is 335 g/mol. The first-order valence-corrected chi connectivity index (χ1v) is 8.31. The largest absolute Gasteiger partial charge is 0.344 e. The molecule has 0 fully saturated rings. The van der Waals surface area contributed by atoms with E-state index in [1.165, 1.54) is 28.1 Å². The van der Waals surface area contributed by atoms with Crippen molar-refractivity contribution < 1.29 is 0 Å². The molecule has 0 spiro atoms. The van der Waals surface area contributed by atoms with E-state index in [1.54, 1.807) is 6.07 Å². The van der Waals surface area contributed by atoms with Crippen molar-refractivity contribution in [1.82, 2.24) is 4.57 Å². The Morgan fingerprint density at radius 2 is 1.71 bits per heavy atom. The average Bonchev–Trinajstić information content (AvgIpc) is 2.79. The van der Waals surface area contributed by atoms with Gasteiger partial charge in [-0.05, 0) is 49.6 Å². The van der Waals surface area contributed by atoms with Gasteiger partial charge in [-0.25, -0.2) is 0 Å². The van der Waals surface area contributed by atoms with Crippen LogP contribution in [0, 0.1) is 32.1 Å². The van der Waals surface area contributed by atoms with E-state index in [0.29, 0.717) is 10.6 Å². The molecule has 3 aromatic rings. The van der Waals surface area contributed by atoms with E-state index in [2.05, 4.69) is 55.7 Å². The minimum Gasteiger partial charge on any atom is -0.344 e. The van der Waals surface area contributed by atoms with E-state index in [9.17, 15) is 0 Å². The predicted molar refractivity (Wildman–Crippen MR) is 99.3 cm³/mol. The maximum atomic E-state index is 9.06. The molecule has 3 heteroatoms. The summed E-state index contributed by atoms with van der Waals surface area (Å²) in [6.07, 6.45) is 0. The van der Waals surface area contributed by atoms with E-state index in [4.69, 9.17) is 16.9 Å². The van der Waals surface area contributed by atoms with E-state index in [-0.39, 0.29) is 0 Å². The molecule has 1 aromatic heterocycles. The van der Waals surface area contributed by atoms with Gasteiger partial charge in [-0.15, -0.1) is 0 Å². The lowest BCUT2D eigenvalue weighted by atomic mass is 10.0. The number of rotatable bonds is 3. The highest BCUT2D eigenvalue weighted by Crippen LogP contribution is 2.34. The number of nitrogens with zero attached hydrogens (tertiary/aromatic N) is 2. The Morgan fingerprint density at radius 1 is 1.00 bits per heavy atom. The second kappa shape index (κ2) is 6.55. The molecule has 0 aliphatic carbocycles. The molecule has 0 atom stereocenters. The van der Waals surface area contributed by atoms with Crippen molar-refractivity contribution in [2.75, 3.05) is 0 Å². The number of nitriles is 1. The SMILES string of the molecule is Cc1c(-c2ccc(C#N)c(Cl)c2)c(C)n(Cc2ccccc2)c1C. The molecule has 2 nitrogen and oxygen atoms in total. The summed E-state index contributed by atoms with van der Waals surface area (Å²) in [6, 6.07) is 18.2. The Balaban J connectivity index is 2.09. The fraction of sp³-hybridized carbons (Fsp3) is 0.190. The smallest absolute Gasteiger partial charge is 0.101 e. The first-order valence-electron chi connectivity index (χ1n) is 7.93. The Hall–Kier alpha value is -2.50. The van der Waals surface area contributed by atoms with Crippen LogP contribution >= 0.6 is 11.6 Å². The highest BCUT2D eigenvalue weighted by atomic mass is 35.5. The Bertz CT molecular complexity index is 931. The maximum absolute atomic E-state index is 9.06. The van der Waals surface area contributed by atoms with Gasteiger partial charge >= 0.3 is 0 Å². The summed E-state index contributed by atoms with van der Waals surface area (Å²) >= 11 is 6.23. The van der Waals surface area contributed by atoms with Crippen molar-refractivity contribution in [1.29, 1.82) is 5.26 Å². The van der Waals surface area contributed by atoms with Crippen molar-refractivity contribution in [3.05, 3.63) is 81.6 Å². The monoisotopic (exact) mass is 334 g/mol. The highest BCUT2D eigenvalue weighted by Gasteiger charge is 2.17. The number of hydrogen-bond acceptors (Lipinski definition) is 1. The number of hydrogen-bond donors (Lipinski definition) is 0. The minimum atomic E-state index is 0.502. The number of benzene rings is 2. The van der Waals surface area contributed by atoms with Crippen molar-refractivity contribution in [3.63, 3.8) is 0 Å². The summed E-state index contributed by atoms with van der Waals surface area (Å²) in [5.74, 6) is 0. The van der Waals surface area contributed by atoms with E-state index in [1.807, 2.05) is 18.2 Å². The van der Waals surface area contributed by atoms with Crippen LogP contribution in [0.1, 0.15) is 28.1 Å². The summed E-state index contributed by atoms with van der Waals surface area (Å²) in [5.41, 5.74) is 7.78. The minimum absolute atomic E-state index is 0.502. The molecule has 3 rings (SSSR count). The van der Waals surface area contributed by atoms with Crippen molar-refractivity contribution in [2.24, 2.45) is 0 Å². The zero-order valence-electron chi connectivity index (χ0n) is 14.1. The molecule has 0 saturated heterocycles. The van der Waals surface area contributed by atoms with Crippen LogP contribution in [0.3, 0.4) is 0 Å². The molecule has 0 unspecified atom stereocenters. The Morgan fingerprint density at radius 3 is 2.33 bits per heavy atom. The number of halogens is 1. The maximum Gasteiger partial charge on any atom is 0.101 e. The van der Waals surface area contributed by atoms with Crippen LogP contribution in [0.2, 0.25) is 5.02 Å². The third-order valence-corrected chi connectivity index (χ3v) is 4.96. The molecule has 0 radical (unpaired) electrons. The van der Waals surface area contributed by atoms with E-state index < -0.39 is 0 Å². The fourth-order valence-electron chi connectivity index (χ4n) is 3.23. The lowest BCUT2D eigenvalue weighted by Crippen LogP contribution is -2.03. The molecule has 0 aliphatic heterocycles. The lowest BCUT2D eigenvalue weighted by Gasteiger charge is -2.10. The second-order valence-corrected chi connectivity index (χ2v) is 6.46. The van der Waals surface area contributed by atoms with E-state index in [0.717, 1.165) is 12.1 Å². The fourth-order valence-corrected chi connectivity index (χ4v) is 3.45. The highest BCUT2D eigenvalue weighted by molar-refractivity contribution is 6.32. The van der Waals surface area contributed by atoms with Gasteiger partial charge in [0.25, 0.3) is 0 Å². The molecule has 24 heavy (non-hydrogen) atoms. The van der Waals surface area contributed by atoms with Gasteiger partial charge in [0.05, 0.1) is 10.6 Å². The third-order valence-electron chi connectivity index (χ3n) is 4.65. The van der Waals surface area contributed by atoms with Gasteiger partial charge in [-0.3, -0.25) is 0 Å². The van der Waals surface area contributed by atoms with E-state index >= 15 is 0 Å². The van der Waals surface area contributed by atoms with Crippen LogP contribution in [0.4, 0.5) is 0 Å². The molecule has 2 aromatic carbocycles. The van der Waals surface area contributed by atoms with Gasteiger partial charge in [-0.1, -0.05) is 48.0 Å². The standard InChI is InChI=1S/C21H19ClN2/c1-14-15(2)24(13-17-7-5-4-6-8-17)16(3)21(14)18-9-10-19(12-23)20(22)11-18/h4-11H,13H2,1-3H3. The van der Waals surface area contributed by atoms with Gasteiger partial charge in [0, 0.05) is 23.5 Å². The van der Waals surface area contributed by atoms with Crippen molar-refractivity contribution in [3.8, 4) is 17.2 Å². The molecular weight excluding hydrogens is 316 g/mol. The lowest BCUT2D eigenvalue weighted by molar-refractivity contribution is 0.748. The molecule has 0 saturated carbocycles. The summed E-state index contributed by atoms with van der Waals surface area (Å²) in [4.78, 5) is 0. The first kappa shape index (κ1) is 16.4. The first-order chi connectivity index (χ1) is 11.5. The summed E-state index contributed by atoms with van der Waals surface area (Å²) < 4.78 is 2.34. The van der Waals surface area contributed by atoms with Crippen molar-refractivity contribution >= 4 is 11.6 Å². The topological polar surface area (TPSA) is 28.7 Å². The molecule has 0 amide bonds. The Labute approximate surface area is 147 Å². The molecular formula is C21H19ClN2. The summed E-state index contributed by atoms with van der Waals surface area (Å²) in [6.45, 7) is 7.29. The normalized spacial score (nSPS) is 10.6. The zero-order valence-corrected chi connectivity index (χ0v) is 14.9. The number of aromatic nitrogens is 1. The molecule has 120 valence electrons. The quantitative estimate of drug-likeness (QED) is 0.608. The molecule has 0 bridgehead atoms. The van der Waals surface area contributed by atoms with Gasteiger partial charge < -0.3 is 4.57 Å². The molecule has 0 aliphatic rings. The predicted octanol–water partition coefficient (Wildman–Crippen LogP) is 5.65. The van der Waals surface area contributed by atoms with Gasteiger partial charge in [-0.2, -0.15) is 5.26 Å². The van der Waals surface area contributed by atoms with Crippen LogP contribution < -0.4 is 0 Å². The summed E-state index contributed by atoms with van der Waals surface area (Å²) in [7, 11) is 0. The van der Waals surface area contributed by atoms with Gasteiger partial charge in [0.1, 0.15) is 6.07 Å². The molecule has 0 N–H and O–H groups in total. The molecule has 1 heterocycles. The van der Waals surface area contributed by atoms with Gasteiger partial charge in [0.15, 0.2) is 0 Å². The summed E-state index contributed by atoms with van der Waals surface area (Å²) in [5, 5.41) is 9.56. The van der Waals surface area contributed by atoms with Crippen LogP contribution in [0.15, 0.2) is 48.5 Å². The van der Waals surface area contributed by atoms with Crippen LogP contribution in [0.25, 0.3) is 11.1 Å².